The third-order valence-corrected chi connectivity index (χ3v) is 3.06. The minimum absolute atomic E-state index is 1.04. The summed E-state index contributed by atoms with van der Waals surface area (Å²) in [5.74, 6) is 0. The monoisotopic (exact) mass is 192 g/mol. The van der Waals surface area contributed by atoms with Gasteiger partial charge in [-0.3, -0.25) is 4.98 Å². The first-order valence-corrected chi connectivity index (χ1v) is 5.08. The summed E-state index contributed by atoms with van der Waals surface area (Å²) in [7, 11) is 0. The molecule has 70 valence electrons. The Morgan fingerprint density at radius 3 is 2.93 bits per heavy atom. The molecule has 0 atom stereocenters. The molecule has 2 nitrogen and oxygen atoms in total. The summed E-state index contributed by atoms with van der Waals surface area (Å²) in [6.45, 7) is 0. The van der Waals surface area contributed by atoms with Gasteiger partial charge in [-0.25, -0.2) is 4.98 Å². The van der Waals surface area contributed by atoms with Crippen LogP contribution in [-0.4, -0.2) is 9.97 Å². The van der Waals surface area contributed by atoms with Gasteiger partial charge in [0.1, 0.15) is 0 Å². The van der Waals surface area contributed by atoms with E-state index in [0.29, 0.717) is 0 Å². The molecule has 15 heavy (non-hydrogen) atoms. The lowest BCUT2D eigenvalue weighted by Crippen LogP contribution is -1.67. The van der Waals surface area contributed by atoms with E-state index in [2.05, 4.69) is 28.2 Å². The second kappa shape index (κ2) is 2.34. The molecule has 0 amide bonds. The molecule has 1 aromatic carbocycles. The minimum Gasteiger partial charge on any atom is -0.265 e. The Morgan fingerprint density at radius 1 is 1.00 bits per heavy atom. The first-order valence-electron chi connectivity index (χ1n) is 5.08. The van der Waals surface area contributed by atoms with Gasteiger partial charge in [0.05, 0.1) is 11.2 Å². The van der Waals surface area contributed by atoms with Gasteiger partial charge in [-0.15, -0.1) is 0 Å². The highest BCUT2D eigenvalue weighted by molar-refractivity contribution is 6.02. The number of rotatable bonds is 0. The molecule has 0 radical (unpaired) electrons. The van der Waals surface area contributed by atoms with Crippen molar-refractivity contribution in [2.75, 3.05) is 0 Å². The molecule has 3 aliphatic rings. The molecule has 0 spiro atoms. The Balaban J connectivity index is 2.27. The third kappa shape index (κ3) is 0.885. The van der Waals surface area contributed by atoms with Gasteiger partial charge < -0.3 is 0 Å². The van der Waals surface area contributed by atoms with E-state index in [-0.39, 0.29) is 0 Å². The van der Waals surface area contributed by atoms with E-state index in [1.54, 1.807) is 6.20 Å². The zero-order chi connectivity index (χ0) is 9.83. The molecule has 1 aliphatic carbocycles. The Labute approximate surface area is 86.9 Å². The lowest BCUT2D eigenvalue weighted by Gasteiger charge is -1.89. The predicted molar refractivity (Wildman–Crippen MR) is 59.0 cm³/mol. The molecule has 0 N–H and O–H groups in total. The average molecular weight is 192 g/mol. The van der Waals surface area contributed by atoms with Crippen LogP contribution in [0, 0.1) is 0 Å². The van der Waals surface area contributed by atoms with Gasteiger partial charge in [0.2, 0.25) is 0 Å². The highest BCUT2D eigenvalue weighted by Crippen LogP contribution is 2.41. The van der Waals surface area contributed by atoms with Crippen LogP contribution in [0.4, 0.5) is 0 Å². The molecule has 0 saturated heterocycles. The van der Waals surface area contributed by atoms with Gasteiger partial charge in [0.15, 0.2) is 0 Å². The lowest BCUT2D eigenvalue weighted by atomic mass is 10.1. The molecule has 4 rings (SSSR count). The van der Waals surface area contributed by atoms with Gasteiger partial charge in [-0.05, 0) is 35.7 Å². The molecular formula is C13H8N2. The first-order chi connectivity index (χ1) is 7.43. The van der Waals surface area contributed by atoms with Gasteiger partial charge in [0.25, 0.3) is 0 Å². The highest BCUT2D eigenvalue weighted by atomic mass is 14.7. The molecule has 0 fully saturated rings. The number of hydrogen-bond donors (Lipinski definition) is 0. The van der Waals surface area contributed by atoms with Crippen molar-refractivity contribution >= 4 is 10.9 Å². The van der Waals surface area contributed by atoms with Crippen LogP contribution < -0.4 is 0 Å². The number of benzene rings is 1. The summed E-state index contributed by atoms with van der Waals surface area (Å²) in [6.07, 6.45) is 4.77. The van der Waals surface area contributed by atoms with Gasteiger partial charge in [-0.1, -0.05) is 6.07 Å². The quantitative estimate of drug-likeness (QED) is 0.428. The Hall–Kier alpha value is -1.96. The fourth-order valence-corrected chi connectivity index (χ4v) is 2.26. The molecule has 0 saturated carbocycles. The van der Waals surface area contributed by atoms with Crippen LogP contribution in [0.2, 0.25) is 0 Å². The Morgan fingerprint density at radius 2 is 1.93 bits per heavy atom. The standard InChI is InChI=1S/C13H8N2/c1-2-12-13(10-7-8(1)10)9-3-5-14-6-4-11(9)15-12/h1-6H,7H2. The van der Waals surface area contributed by atoms with Crippen molar-refractivity contribution in [1.29, 1.82) is 0 Å². The molecule has 0 bridgehead atoms. The number of nitrogens with zero attached hydrogens (tertiary/aromatic N) is 2. The van der Waals surface area contributed by atoms with Crippen LogP contribution >= 0.6 is 0 Å². The Bertz CT molecular complexity index is 658. The Kier molecular flexibility index (Phi) is 1.15. The predicted octanol–water partition coefficient (Wildman–Crippen LogP) is 2.64. The summed E-state index contributed by atoms with van der Waals surface area (Å²) < 4.78 is 0. The molecule has 1 aromatic rings. The summed E-state index contributed by atoms with van der Waals surface area (Å²) in [6, 6.07) is 8.34. The van der Waals surface area contributed by atoms with Gasteiger partial charge >= 0.3 is 0 Å². The van der Waals surface area contributed by atoms with E-state index < -0.39 is 0 Å². The minimum atomic E-state index is 1.04. The lowest BCUT2D eigenvalue weighted by molar-refractivity contribution is 1.36. The zero-order valence-corrected chi connectivity index (χ0v) is 8.07. The maximum absolute atomic E-state index is 4.61. The zero-order valence-electron chi connectivity index (χ0n) is 8.07. The van der Waals surface area contributed by atoms with E-state index in [1.165, 1.54) is 22.1 Å². The van der Waals surface area contributed by atoms with Crippen molar-refractivity contribution in [1.82, 2.24) is 9.97 Å². The van der Waals surface area contributed by atoms with E-state index >= 15 is 0 Å². The van der Waals surface area contributed by atoms with Crippen molar-refractivity contribution in [2.45, 2.75) is 6.42 Å². The molecule has 0 unspecified atom stereocenters. The van der Waals surface area contributed by atoms with E-state index in [0.717, 1.165) is 17.6 Å². The van der Waals surface area contributed by atoms with Crippen LogP contribution in [-0.2, 0) is 6.42 Å². The van der Waals surface area contributed by atoms with Gasteiger partial charge in [-0.2, -0.15) is 0 Å². The van der Waals surface area contributed by atoms with Crippen molar-refractivity contribution in [2.24, 2.45) is 0 Å². The summed E-state index contributed by atoms with van der Waals surface area (Å²) in [4.78, 5) is 8.72. The second-order valence-corrected chi connectivity index (χ2v) is 3.97. The third-order valence-electron chi connectivity index (χ3n) is 3.06. The maximum atomic E-state index is 4.61. The fourth-order valence-electron chi connectivity index (χ4n) is 2.26. The number of hydrogen-bond acceptors (Lipinski definition) is 2. The molecule has 0 aromatic heterocycles. The largest absolute Gasteiger partial charge is 0.265 e. The topological polar surface area (TPSA) is 25.8 Å². The second-order valence-electron chi connectivity index (χ2n) is 3.97. The normalized spacial score (nSPS) is 13.1. The summed E-state index contributed by atoms with van der Waals surface area (Å²) >= 11 is 0. The SMILES string of the molecule is c1cc2nc3ccc4c(c3c-2ccn1)C4. The fraction of sp³-hybridized carbons (Fsp3) is 0.0769. The molecule has 2 heterocycles. The van der Waals surface area contributed by atoms with Crippen LogP contribution in [0.15, 0.2) is 36.7 Å². The molecule has 2 aliphatic heterocycles. The smallest absolute Gasteiger partial charge is 0.0732 e. The van der Waals surface area contributed by atoms with E-state index in [4.69, 9.17) is 0 Å². The van der Waals surface area contributed by atoms with Crippen molar-refractivity contribution in [3.63, 3.8) is 0 Å². The van der Waals surface area contributed by atoms with Crippen LogP contribution in [0.3, 0.4) is 0 Å². The molecule has 2 heteroatoms. The van der Waals surface area contributed by atoms with Gasteiger partial charge in [0, 0.05) is 23.3 Å². The average Bonchev–Trinajstić information content (AvgIpc) is 3.00. The first kappa shape index (κ1) is 7.35. The van der Waals surface area contributed by atoms with E-state index in [9.17, 15) is 0 Å². The number of fused-ring (bicyclic) bond motifs is 5. The van der Waals surface area contributed by atoms with Crippen molar-refractivity contribution in [3.05, 3.63) is 47.8 Å². The van der Waals surface area contributed by atoms with E-state index in [1.807, 2.05) is 12.3 Å². The highest BCUT2D eigenvalue weighted by Gasteiger charge is 2.24. The van der Waals surface area contributed by atoms with Crippen molar-refractivity contribution in [3.8, 4) is 11.3 Å². The summed E-state index contributed by atoms with van der Waals surface area (Å²) in [5, 5.41) is 1.33. The number of aromatic nitrogens is 2. The van der Waals surface area contributed by atoms with Crippen molar-refractivity contribution < 1.29 is 0 Å². The summed E-state index contributed by atoms with van der Waals surface area (Å²) in [5.41, 5.74) is 6.34. The van der Waals surface area contributed by atoms with Crippen LogP contribution in [0.25, 0.3) is 22.2 Å². The van der Waals surface area contributed by atoms with Crippen LogP contribution in [0.1, 0.15) is 11.1 Å². The van der Waals surface area contributed by atoms with Crippen LogP contribution in [0.5, 0.6) is 0 Å². The maximum Gasteiger partial charge on any atom is 0.0732 e. The molecular weight excluding hydrogens is 184 g/mol.